The lowest BCUT2D eigenvalue weighted by Gasteiger charge is -2.28. The van der Waals surface area contributed by atoms with E-state index >= 15 is 0 Å². The number of unbranched alkanes of at least 4 members (excludes halogenated alkanes) is 1. The molecule has 2 aromatic rings. The van der Waals surface area contributed by atoms with E-state index in [-0.39, 0.29) is 23.3 Å². The second-order valence-corrected chi connectivity index (χ2v) is 9.89. The lowest BCUT2D eigenvalue weighted by molar-refractivity contribution is -0.140. The van der Waals surface area contributed by atoms with Crippen LogP contribution in [0.15, 0.2) is 47.9 Å². The molecule has 7 heteroatoms. The fourth-order valence-electron chi connectivity index (χ4n) is 4.91. The van der Waals surface area contributed by atoms with E-state index in [4.69, 9.17) is 38.4 Å². The number of hydrogen-bond acceptors (Lipinski definition) is 5. The van der Waals surface area contributed by atoms with Gasteiger partial charge in [0.1, 0.15) is 23.1 Å². The monoisotopic (exact) mass is 498 g/mol. The number of nitrogens with zero attached hydrogens (tertiary/aromatic N) is 1. The Labute approximate surface area is 210 Å². The van der Waals surface area contributed by atoms with Crippen LogP contribution >= 0.6 is 23.2 Å². The molecule has 2 aliphatic rings. The van der Waals surface area contributed by atoms with Gasteiger partial charge >= 0.3 is 5.97 Å². The lowest BCUT2D eigenvalue weighted by Crippen LogP contribution is -2.26. The molecule has 178 valence electrons. The summed E-state index contributed by atoms with van der Waals surface area (Å²) in [6, 6.07) is 12.6. The minimum atomic E-state index is -0.466. The summed E-state index contributed by atoms with van der Waals surface area (Å²) >= 11 is 12.3. The minimum Gasteiger partial charge on any atom is -0.440 e. The maximum atomic E-state index is 12.8. The first kappa shape index (κ1) is 24.4. The van der Waals surface area contributed by atoms with Crippen LogP contribution in [0.2, 0.25) is 10.0 Å². The third kappa shape index (κ3) is 5.19. The zero-order valence-electron chi connectivity index (χ0n) is 19.2. The molecule has 2 aromatic carbocycles. The van der Waals surface area contributed by atoms with Gasteiger partial charge in [0.05, 0.1) is 21.9 Å². The molecule has 4 rings (SSSR count). The molecule has 1 aliphatic heterocycles. The first-order valence-electron chi connectivity index (χ1n) is 11.8. The van der Waals surface area contributed by atoms with E-state index in [0.29, 0.717) is 21.5 Å². The maximum absolute atomic E-state index is 12.8. The van der Waals surface area contributed by atoms with Crippen LogP contribution in [0.1, 0.15) is 68.9 Å². The van der Waals surface area contributed by atoms with Crippen molar-refractivity contribution in [1.29, 1.82) is 5.26 Å². The molecular formula is C27H28Cl2N2O3. The molecule has 1 unspecified atom stereocenters. The van der Waals surface area contributed by atoms with E-state index in [9.17, 15) is 10.1 Å². The summed E-state index contributed by atoms with van der Waals surface area (Å²) in [6.07, 6.45) is 7.62. The van der Waals surface area contributed by atoms with E-state index in [0.717, 1.165) is 42.7 Å². The Morgan fingerprint density at radius 2 is 1.91 bits per heavy atom. The summed E-state index contributed by atoms with van der Waals surface area (Å²) in [7, 11) is 0. The molecule has 0 amide bonds. The molecule has 1 saturated carbocycles. The van der Waals surface area contributed by atoms with Crippen LogP contribution in [-0.4, -0.2) is 5.97 Å². The number of rotatable bonds is 6. The van der Waals surface area contributed by atoms with Crippen molar-refractivity contribution in [2.75, 3.05) is 0 Å². The van der Waals surface area contributed by atoms with Crippen LogP contribution in [0.4, 0.5) is 0 Å². The van der Waals surface area contributed by atoms with Gasteiger partial charge < -0.3 is 15.2 Å². The number of allylic oxidation sites excluding steroid dienone is 1. The van der Waals surface area contributed by atoms with Crippen molar-refractivity contribution in [3.8, 4) is 17.6 Å². The van der Waals surface area contributed by atoms with Crippen LogP contribution < -0.4 is 15.2 Å². The van der Waals surface area contributed by atoms with Crippen LogP contribution in [0.25, 0.3) is 0 Å². The number of benzene rings is 2. The number of nitrogens with two attached hydrogens (primary N) is 1. The molecule has 5 nitrogen and oxygen atoms in total. The summed E-state index contributed by atoms with van der Waals surface area (Å²) in [4.78, 5) is 12.8. The smallest absolute Gasteiger partial charge is 0.314 e. The number of halogens is 2. The molecule has 0 spiro atoms. The minimum absolute atomic E-state index is 0.0138. The molecule has 1 aliphatic carbocycles. The van der Waals surface area contributed by atoms with Crippen LogP contribution in [0.3, 0.4) is 0 Å². The average Bonchev–Trinajstić information content (AvgIpc) is 2.83. The zero-order chi connectivity index (χ0) is 24.2. The largest absolute Gasteiger partial charge is 0.440 e. The summed E-state index contributed by atoms with van der Waals surface area (Å²) in [5.74, 6) is 0.843. The maximum Gasteiger partial charge on any atom is 0.314 e. The molecule has 1 heterocycles. The number of fused-ring (bicyclic) bond motifs is 1. The van der Waals surface area contributed by atoms with Crippen LogP contribution in [0.5, 0.6) is 11.5 Å². The molecule has 0 aromatic heterocycles. The van der Waals surface area contributed by atoms with E-state index < -0.39 is 5.92 Å². The number of ether oxygens (including phenoxy) is 2. The van der Waals surface area contributed by atoms with E-state index in [2.05, 4.69) is 13.0 Å². The second kappa shape index (κ2) is 10.7. The molecule has 34 heavy (non-hydrogen) atoms. The SMILES string of the molecule is CCCCC1CCC(C(=O)Oc2ccc3c(c2)OC(N)=C(C#N)C3c2ccc(Cl)c(Cl)c2)CC1. The number of nitriles is 1. The number of esters is 1. The Hall–Kier alpha value is -2.68. The van der Waals surface area contributed by atoms with Gasteiger partial charge in [-0.25, -0.2) is 0 Å². The Morgan fingerprint density at radius 3 is 2.59 bits per heavy atom. The molecule has 1 fully saturated rings. The van der Waals surface area contributed by atoms with E-state index in [1.807, 2.05) is 6.07 Å². The molecular weight excluding hydrogens is 471 g/mol. The normalized spacial score (nSPS) is 21.9. The third-order valence-electron chi connectivity index (χ3n) is 6.83. The number of hydrogen-bond donors (Lipinski definition) is 1. The Kier molecular flexibility index (Phi) is 7.70. The summed E-state index contributed by atoms with van der Waals surface area (Å²) in [5, 5.41) is 10.5. The van der Waals surface area contributed by atoms with Crippen molar-refractivity contribution < 1.29 is 14.3 Å². The Morgan fingerprint density at radius 1 is 1.15 bits per heavy atom. The first-order chi connectivity index (χ1) is 16.4. The van der Waals surface area contributed by atoms with Crippen molar-refractivity contribution in [1.82, 2.24) is 0 Å². The second-order valence-electron chi connectivity index (χ2n) is 9.08. The number of carbonyl (C=O) groups excluding carboxylic acids is 1. The topological polar surface area (TPSA) is 85.3 Å². The standard InChI is InChI=1S/C27H28Cl2N2O3/c1-2-3-4-16-5-7-17(8-6-16)27(32)33-19-10-11-20-24(14-19)34-26(31)21(15-30)25(20)18-9-12-22(28)23(29)13-18/h9-14,16-17,25H,2-8,31H2,1H3. The Balaban J connectivity index is 1.52. The molecule has 2 N–H and O–H groups in total. The zero-order valence-corrected chi connectivity index (χ0v) is 20.7. The molecule has 1 atom stereocenters. The van der Waals surface area contributed by atoms with Gasteiger partial charge in [0.25, 0.3) is 0 Å². The van der Waals surface area contributed by atoms with E-state index in [1.165, 1.54) is 19.3 Å². The highest BCUT2D eigenvalue weighted by Gasteiger charge is 2.32. The summed E-state index contributed by atoms with van der Waals surface area (Å²) in [6.45, 7) is 2.21. The fraction of sp³-hybridized carbons (Fsp3) is 0.407. The van der Waals surface area contributed by atoms with Crippen molar-refractivity contribution in [2.45, 2.75) is 57.8 Å². The average molecular weight is 499 g/mol. The third-order valence-corrected chi connectivity index (χ3v) is 7.57. The molecule has 0 bridgehead atoms. The van der Waals surface area contributed by atoms with Crippen molar-refractivity contribution in [3.05, 3.63) is 69.0 Å². The first-order valence-corrected chi connectivity index (χ1v) is 12.5. The van der Waals surface area contributed by atoms with Gasteiger partial charge in [-0.15, -0.1) is 0 Å². The fourth-order valence-corrected chi connectivity index (χ4v) is 5.22. The van der Waals surface area contributed by atoms with Gasteiger partial charge in [-0.1, -0.05) is 61.5 Å². The quantitative estimate of drug-likeness (QED) is 0.338. The highest BCUT2D eigenvalue weighted by atomic mass is 35.5. The van der Waals surface area contributed by atoms with Crippen molar-refractivity contribution in [3.63, 3.8) is 0 Å². The number of carbonyl (C=O) groups is 1. The predicted molar refractivity (Wildman–Crippen MR) is 133 cm³/mol. The molecule has 0 radical (unpaired) electrons. The van der Waals surface area contributed by atoms with E-state index in [1.54, 1.807) is 30.3 Å². The van der Waals surface area contributed by atoms with Crippen LogP contribution in [0, 0.1) is 23.2 Å². The van der Waals surface area contributed by atoms with Crippen LogP contribution in [-0.2, 0) is 4.79 Å². The predicted octanol–water partition coefficient (Wildman–Crippen LogP) is 7.11. The Bertz CT molecular complexity index is 1150. The van der Waals surface area contributed by atoms with Crippen molar-refractivity contribution in [2.24, 2.45) is 17.6 Å². The van der Waals surface area contributed by atoms with Gasteiger partial charge in [-0.05, 0) is 55.4 Å². The van der Waals surface area contributed by atoms with Crippen molar-refractivity contribution >= 4 is 29.2 Å². The van der Waals surface area contributed by atoms with Gasteiger partial charge in [-0.2, -0.15) is 5.26 Å². The highest BCUT2D eigenvalue weighted by molar-refractivity contribution is 6.42. The van der Waals surface area contributed by atoms with Gasteiger partial charge in [0, 0.05) is 11.6 Å². The summed E-state index contributed by atoms with van der Waals surface area (Å²) < 4.78 is 11.5. The molecule has 0 saturated heterocycles. The summed E-state index contributed by atoms with van der Waals surface area (Å²) in [5.41, 5.74) is 7.87. The van der Waals surface area contributed by atoms with Gasteiger partial charge in [0.15, 0.2) is 0 Å². The highest BCUT2D eigenvalue weighted by Crippen LogP contribution is 2.44. The van der Waals surface area contributed by atoms with Gasteiger partial charge in [-0.3, -0.25) is 4.79 Å². The lowest BCUT2D eigenvalue weighted by atomic mass is 9.80. The van der Waals surface area contributed by atoms with Gasteiger partial charge in [0.2, 0.25) is 5.88 Å².